The first-order valence-corrected chi connectivity index (χ1v) is 12.1. The third-order valence-electron chi connectivity index (χ3n) is 6.11. The molecule has 0 fully saturated rings. The van der Waals surface area contributed by atoms with E-state index in [0.29, 0.717) is 13.2 Å². The first kappa shape index (κ1) is 23.3. The number of carbonyl (C=O) groups excluding carboxylic acids is 2. The number of fused-ring (bicyclic) bond motifs is 1. The van der Waals surface area contributed by atoms with Crippen molar-refractivity contribution < 1.29 is 14.3 Å². The predicted molar refractivity (Wildman–Crippen MR) is 125 cm³/mol. The van der Waals surface area contributed by atoms with Gasteiger partial charge in [-0.3, -0.25) is 9.59 Å². The van der Waals surface area contributed by atoms with Crippen LogP contribution in [0.1, 0.15) is 56.2 Å². The molecule has 5 nitrogen and oxygen atoms in total. The van der Waals surface area contributed by atoms with Crippen molar-refractivity contribution in [3.8, 4) is 5.75 Å². The summed E-state index contributed by atoms with van der Waals surface area (Å²) in [7, 11) is 0. The summed E-state index contributed by atoms with van der Waals surface area (Å²) >= 11 is 1.74. The van der Waals surface area contributed by atoms with E-state index < -0.39 is 0 Å². The lowest BCUT2D eigenvalue weighted by atomic mass is 10.00. The van der Waals surface area contributed by atoms with E-state index in [1.54, 1.807) is 16.2 Å². The van der Waals surface area contributed by atoms with Gasteiger partial charge in [0.1, 0.15) is 18.9 Å². The third-order valence-corrected chi connectivity index (χ3v) is 7.11. The van der Waals surface area contributed by atoms with Gasteiger partial charge in [-0.15, -0.1) is 11.3 Å². The van der Waals surface area contributed by atoms with Gasteiger partial charge in [0.15, 0.2) is 0 Å². The van der Waals surface area contributed by atoms with E-state index in [4.69, 9.17) is 4.74 Å². The lowest BCUT2D eigenvalue weighted by Gasteiger charge is -2.38. The Bertz CT molecular complexity index is 908. The summed E-state index contributed by atoms with van der Waals surface area (Å²) in [6, 6.07) is 9.93. The van der Waals surface area contributed by atoms with E-state index in [1.165, 1.54) is 10.4 Å². The topological polar surface area (TPSA) is 49.9 Å². The highest BCUT2D eigenvalue weighted by Crippen LogP contribution is 2.34. The number of hydrogen-bond acceptors (Lipinski definition) is 4. The Kier molecular flexibility index (Phi) is 7.76. The van der Waals surface area contributed by atoms with Gasteiger partial charge in [-0.25, -0.2) is 0 Å². The van der Waals surface area contributed by atoms with E-state index in [-0.39, 0.29) is 36.4 Å². The summed E-state index contributed by atoms with van der Waals surface area (Å²) in [5.41, 5.74) is 2.25. The minimum absolute atomic E-state index is 0.00969. The zero-order valence-corrected chi connectivity index (χ0v) is 20.1. The second kappa shape index (κ2) is 10.3. The first-order valence-electron chi connectivity index (χ1n) is 11.2. The smallest absolute Gasteiger partial charge is 0.242 e. The van der Waals surface area contributed by atoms with Gasteiger partial charge in [-0.2, -0.15) is 0 Å². The van der Waals surface area contributed by atoms with Gasteiger partial charge in [0.25, 0.3) is 0 Å². The molecule has 2 heterocycles. The van der Waals surface area contributed by atoms with E-state index in [9.17, 15) is 9.59 Å². The van der Waals surface area contributed by atoms with Crippen LogP contribution in [0.3, 0.4) is 0 Å². The van der Waals surface area contributed by atoms with Crippen molar-refractivity contribution in [2.24, 2.45) is 5.92 Å². The maximum absolute atomic E-state index is 13.5. The van der Waals surface area contributed by atoms with Crippen molar-refractivity contribution in [2.75, 3.05) is 19.7 Å². The number of benzene rings is 1. The second-order valence-corrected chi connectivity index (χ2v) is 9.61. The minimum atomic E-state index is -0.143. The first-order chi connectivity index (χ1) is 14.8. The Labute approximate surface area is 190 Å². The molecule has 0 radical (unpaired) electrons. The lowest BCUT2D eigenvalue weighted by molar-refractivity contribution is -0.146. The summed E-state index contributed by atoms with van der Waals surface area (Å²) in [5.74, 6) is 0.730. The molecule has 1 aliphatic rings. The van der Waals surface area contributed by atoms with Gasteiger partial charge in [-0.1, -0.05) is 39.0 Å². The Hall–Kier alpha value is -2.34. The van der Waals surface area contributed by atoms with Gasteiger partial charge in [-0.05, 0) is 55.3 Å². The van der Waals surface area contributed by atoms with Crippen LogP contribution in [0.25, 0.3) is 0 Å². The van der Waals surface area contributed by atoms with E-state index in [1.807, 2.05) is 63.8 Å². The highest BCUT2D eigenvalue weighted by atomic mass is 32.1. The van der Waals surface area contributed by atoms with Crippen molar-refractivity contribution in [1.82, 2.24) is 9.80 Å². The van der Waals surface area contributed by atoms with Gasteiger partial charge in [0.05, 0.1) is 6.04 Å². The summed E-state index contributed by atoms with van der Waals surface area (Å²) in [6.07, 6.45) is 1.67. The van der Waals surface area contributed by atoms with E-state index in [2.05, 4.69) is 11.4 Å². The second-order valence-electron chi connectivity index (χ2n) is 8.61. The molecule has 1 aromatic heterocycles. The minimum Gasteiger partial charge on any atom is -0.491 e. The number of nitrogens with zero attached hydrogens (tertiary/aromatic N) is 2. The number of thiophene rings is 1. The molecule has 31 heavy (non-hydrogen) atoms. The summed E-state index contributed by atoms with van der Waals surface area (Å²) < 4.78 is 6.17. The van der Waals surface area contributed by atoms with Gasteiger partial charge < -0.3 is 14.5 Å². The zero-order valence-electron chi connectivity index (χ0n) is 19.3. The average molecular weight is 443 g/mol. The Morgan fingerprint density at radius 1 is 1.23 bits per heavy atom. The van der Waals surface area contributed by atoms with Crippen LogP contribution in [-0.4, -0.2) is 47.4 Å². The number of hydrogen-bond donors (Lipinski definition) is 0. The number of ether oxygens (including phenoxy) is 1. The molecule has 6 heteroatoms. The van der Waals surface area contributed by atoms with Crippen LogP contribution < -0.4 is 4.74 Å². The number of amides is 2. The van der Waals surface area contributed by atoms with Crippen molar-refractivity contribution in [2.45, 2.75) is 59.5 Å². The molecule has 0 unspecified atom stereocenters. The molecule has 2 amide bonds. The highest BCUT2D eigenvalue weighted by molar-refractivity contribution is 7.10. The van der Waals surface area contributed by atoms with Crippen LogP contribution in [0.5, 0.6) is 5.75 Å². The normalized spacial score (nSPS) is 16.7. The monoisotopic (exact) mass is 442 g/mol. The molecule has 168 valence electrons. The molecule has 1 aliphatic heterocycles. The molecule has 2 aromatic rings. The fourth-order valence-corrected chi connectivity index (χ4v) is 4.93. The van der Waals surface area contributed by atoms with E-state index in [0.717, 1.165) is 24.2 Å². The summed E-state index contributed by atoms with van der Waals surface area (Å²) in [5, 5.41) is 2.09. The van der Waals surface area contributed by atoms with Crippen molar-refractivity contribution in [1.29, 1.82) is 0 Å². The molecular weight excluding hydrogens is 408 g/mol. The molecule has 0 saturated heterocycles. The van der Waals surface area contributed by atoms with Crippen LogP contribution in [-0.2, 0) is 16.0 Å². The van der Waals surface area contributed by atoms with Crippen LogP contribution in [0.15, 0.2) is 35.7 Å². The Morgan fingerprint density at radius 2 is 1.97 bits per heavy atom. The number of para-hydroxylation sites is 1. The maximum Gasteiger partial charge on any atom is 0.242 e. The SMILES string of the molecule is CC[C@@H](C)N(CC(=O)N1CCc2sccc2[C@@H]1COc1ccccc1C)C(=O)C(C)C. The van der Waals surface area contributed by atoms with Crippen LogP contribution in [0.2, 0.25) is 0 Å². The molecule has 0 saturated carbocycles. The van der Waals surface area contributed by atoms with Gasteiger partial charge >= 0.3 is 0 Å². The Morgan fingerprint density at radius 3 is 2.65 bits per heavy atom. The number of carbonyl (C=O) groups is 2. The number of aryl methyl sites for hydroxylation is 1. The third kappa shape index (κ3) is 5.29. The van der Waals surface area contributed by atoms with Crippen LogP contribution in [0, 0.1) is 12.8 Å². The lowest BCUT2D eigenvalue weighted by Crippen LogP contribution is -2.50. The molecule has 3 rings (SSSR count). The van der Waals surface area contributed by atoms with Gasteiger partial charge in [0, 0.05) is 23.4 Å². The fourth-order valence-electron chi connectivity index (χ4n) is 4.00. The molecule has 0 bridgehead atoms. The van der Waals surface area contributed by atoms with Crippen LogP contribution in [0.4, 0.5) is 0 Å². The largest absolute Gasteiger partial charge is 0.491 e. The summed E-state index contributed by atoms with van der Waals surface area (Å²) in [6.45, 7) is 11.0. The van der Waals surface area contributed by atoms with Crippen molar-refractivity contribution in [3.05, 3.63) is 51.7 Å². The standard InChI is InChI=1S/C25H34N2O3S/c1-6-19(5)27(25(29)17(2)3)15-24(28)26-13-11-23-20(12-14-31-23)21(26)16-30-22-10-8-7-9-18(22)4/h7-10,12,14,17,19,21H,6,11,13,15-16H2,1-5H3/t19-,21+/m1/s1. The van der Waals surface area contributed by atoms with Gasteiger partial charge in [0.2, 0.25) is 11.8 Å². The molecular formula is C25H34N2O3S. The fraction of sp³-hybridized carbons (Fsp3) is 0.520. The quantitative estimate of drug-likeness (QED) is 0.588. The molecule has 1 aromatic carbocycles. The van der Waals surface area contributed by atoms with Crippen molar-refractivity contribution >= 4 is 23.2 Å². The molecule has 2 atom stereocenters. The van der Waals surface area contributed by atoms with Crippen molar-refractivity contribution in [3.63, 3.8) is 0 Å². The molecule has 0 N–H and O–H groups in total. The number of rotatable bonds is 8. The average Bonchev–Trinajstić information content (AvgIpc) is 3.24. The molecule has 0 aliphatic carbocycles. The maximum atomic E-state index is 13.5. The summed E-state index contributed by atoms with van der Waals surface area (Å²) in [4.78, 5) is 31.2. The molecule has 0 spiro atoms. The van der Waals surface area contributed by atoms with E-state index >= 15 is 0 Å². The zero-order chi connectivity index (χ0) is 22.5. The van der Waals surface area contributed by atoms with Crippen LogP contribution >= 0.6 is 11.3 Å². The highest BCUT2D eigenvalue weighted by Gasteiger charge is 2.34. The predicted octanol–water partition coefficient (Wildman–Crippen LogP) is 4.84. The Balaban J connectivity index is 1.81.